The molecule has 2 amide bonds. The summed E-state index contributed by atoms with van der Waals surface area (Å²) in [5.41, 5.74) is 3.08. The second kappa shape index (κ2) is 9.18. The summed E-state index contributed by atoms with van der Waals surface area (Å²) < 4.78 is 5.37. The van der Waals surface area contributed by atoms with Crippen LogP contribution in [0.2, 0.25) is 0 Å². The molecule has 0 saturated heterocycles. The van der Waals surface area contributed by atoms with Gasteiger partial charge in [0.15, 0.2) is 0 Å². The van der Waals surface area contributed by atoms with Crippen LogP contribution in [0.5, 0.6) is 0 Å². The number of rotatable bonds is 8. The van der Waals surface area contributed by atoms with Gasteiger partial charge >= 0.3 is 12.1 Å². The predicted molar refractivity (Wildman–Crippen MR) is 114 cm³/mol. The second-order valence-electron chi connectivity index (χ2n) is 8.15. The van der Waals surface area contributed by atoms with Gasteiger partial charge in [0, 0.05) is 12.5 Å². The lowest BCUT2D eigenvalue weighted by atomic mass is 9.98. The quantitative estimate of drug-likeness (QED) is 0.513. The summed E-state index contributed by atoms with van der Waals surface area (Å²) in [5, 5.41) is 23.6. The van der Waals surface area contributed by atoms with E-state index < -0.39 is 36.0 Å². The van der Waals surface area contributed by atoms with Gasteiger partial charge in [0.25, 0.3) is 0 Å². The fraction of sp³-hybridized carbons (Fsp3) is 0.348. The molecule has 0 radical (unpaired) electrons. The van der Waals surface area contributed by atoms with Gasteiger partial charge in [-0.3, -0.25) is 9.59 Å². The van der Waals surface area contributed by atoms with E-state index in [4.69, 9.17) is 9.84 Å². The normalized spacial score (nSPS) is 13.6. The molecule has 1 atom stereocenters. The van der Waals surface area contributed by atoms with E-state index in [1.807, 2.05) is 48.5 Å². The molecule has 8 nitrogen and oxygen atoms in total. The molecule has 8 heteroatoms. The molecule has 3 rings (SSSR count). The largest absolute Gasteiger partial charge is 0.481 e. The van der Waals surface area contributed by atoms with E-state index in [2.05, 4.69) is 10.6 Å². The van der Waals surface area contributed by atoms with Crippen LogP contribution in [-0.4, -0.2) is 53.0 Å². The summed E-state index contributed by atoms with van der Waals surface area (Å²) in [5.74, 6) is -2.11. The van der Waals surface area contributed by atoms with Crippen molar-refractivity contribution in [3.8, 4) is 11.1 Å². The number of carbonyl (C=O) groups is 3. The number of aliphatic carboxylic acids is 1. The number of nitrogens with one attached hydrogen (secondary N) is 2. The van der Waals surface area contributed by atoms with Crippen molar-refractivity contribution in [2.45, 2.75) is 37.8 Å². The molecule has 0 fully saturated rings. The highest BCUT2D eigenvalue weighted by Gasteiger charge is 2.30. The highest BCUT2D eigenvalue weighted by molar-refractivity contribution is 5.89. The number of carboxylic acids is 1. The Morgan fingerprint density at radius 2 is 1.58 bits per heavy atom. The number of amides is 2. The average molecular weight is 426 g/mol. The van der Waals surface area contributed by atoms with Crippen LogP contribution in [0.15, 0.2) is 48.5 Å². The molecule has 1 aliphatic carbocycles. The summed E-state index contributed by atoms with van der Waals surface area (Å²) in [6.45, 7) is 2.95. The SMILES string of the molecule is CC(C)(O)CNC(=O)C(CC(=O)O)NC(=O)OCC1c2ccccc2-c2ccccc21. The maximum atomic E-state index is 12.4. The van der Waals surface area contributed by atoms with Crippen molar-refractivity contribution in [1.29, 1.82) is 0 Å². The molecule has 0 heterocycles. The summed E-state index contributed by atoms with van der Waals surface area (Å²) in [4.78, 5) is 35.8. The molecular formula is C23H26N2O6. The minimum absolute atomic E-state index is 0.0466. The van der Waals surface area contributed by atoms with Gasteiger partial charge in [-0.1, -0.05) is 48.5 Å². The molecule has 1 aliphatic rings. The van der Waals surface area contributed by atoms with E-state index in [1.54, 1.807) is 0 Å². The summed E-state index contributed by atoms with van der Waals surface area (Å²) in [6.07, 6.45) is -1.49. The number of hydrogen-bond donors (Lipinski definition) is 4. The molecule has 2 aromatic carbocycles. The smallest absolute Gasteiger partial charge is 0.407 e. The molecule has 31 heavy (non-hydrogen) atoms. The molecule has 1 unspecified atom stereocenters. The third kappa shape index (κ3) is 5.61. The van der Waals surface area contributed by atoms with Crippen LogP contribution in [0.4, 0.5) is 4.79 Å². The molecule has 4 N–H and O–H groups in total. The number of aliphatic hydroxyl groups is 1. The van der Waals surface area contributed by atoms with Crippen molar-refractivity contribution in [1.82, 2.24) is 10.6 Å². The van der Waals surface area contributed by atoms with Crippen LogP contribution in [0.1, 0.15) is 37.3 Å². The Morgan fingerprint density at radius 1 is 1.03 bits per heavy atom. The first-order valence-corrected chi connectivity index (χ1v) is 9.99. The van der Waals surface area contributed by atoms with Crippen molar-refractivity contribution in [2.75, 3.05) is 13.2 Å². The number of alkyl carbamates (subject to hydrolysis) is 1. The van der Waals surface area contributed by atoms with Gasteiger partial charge in [-0.25, -0.2) is 4.79 Å². The predicted octanol–water partition coefficient (Wildman–Crippen LogP) is 2.26. The molecule has 0 spiro atoms. The summed E-state index contributed by atoms with van der Waals surface area (Å²) in [7, 11) is 0. The van der Waals surface area contributed by atoms with E-state index in [0.717, 1.165) is 22.3 Å². The van der Waals surface area contributed by atoms with Gasteiger partial charge in [0.05, 0.1) is 12.0 Å². The molecule has 0 saturated carbocycles. The summed E-state index contributed by atoms with van der Waals surface area (Å²) >= 11 is 0. The van der Waals surface area contributed by atoms with E-state index in [0.29, 0.717) is 0 Å². The van der Waals surface area contributed by atoms with Gasteiger partial charge in [-0.05, 0) is 36.1 Å². The Labute approximate surface area is 180 Å². The zero-order chi connectivity index (χ0) is 22.6. The fourth-order valence-corrected chi connectivity index (χ4v) is 3.59. The lowest BCUT2D eigenvalue weighted by molar-refractivity contribution is -0.140. The molecule has 2 aromatic rings. The number of fused-ring (bicyclic) bond motifs is 3. The van der Waals surface area contributed by atoms with Crippen molar-refractivity contribution >= 4 is 18.0 Å². The van der Waals surface area contributed by atoms with Crippen molar-refractivity contribution in [3.63, 3.8) is 0 Å². The molecular weight excluding hydrogens is 400 g/mol. The highest BCUT2D eigenvalue weighted by Crippen LogP contribution is 2.44. The number of benzene rings is 2. The molecule has 0 bridgehead atoms. The van der Waals surface area contributed by atoms with Crippen molar-refractivity contribution < 1.29 is 29.3 Å². The van der Waals surface area contributed by atoms with Gasteiger partial charge in [0.2, 0.25) is 5.91 Å². The number of carbonyl (C=O) groups excluding carboxylic acids is 2. The summed E-state index contributed by atoms with van der Waals surface area (Å²) in [6, 6.07) is 14.4. The third-order valence-corrected chi connectivity index (χ3v) is 5.03. The molecule has 164 valence electrons. The Bertz CT molecular complexity index is 937. The lowest BCUT2D eigenvalue weighted by Gasteiger charge is -2.21. The van der Waals surface area contributed by atoms with Gasteiger partial charge in [-0.2, -0.15) is 0 Å². The second-order valence-corrected chi connectivity index (χ2v) is 8.15. The first-order valence-electron chi connectivity index (χ1n) is 9.99. The average Bonchev–Trinajstić information content (AvgIpc) is 3.03. The van der Waals surface area contributed by atoms with E-state index >= 15 is 0 Å². The monoisotopic (exact) mass is 426 g/mol. The fourth-order valence-electron chi connectivity index (χ4n) is 3.59. The third-order valence-electron chi connectivity index (χ3n) is 5.03. The van der Waals surface area contributed by atoms with Crippen LogP contribution in [0.3, 0.4) is 0 Å². The topological polar surface area (TPSA) is 125 Å². The van der Waals surface area contributed by atoms with Gasteiger partial charge in [-0.15, -0.1) is 0 Å². The van der Waals surface area contributed by atoms with Crippen molar-refractivity contribution in [3.05, 3.63) is 59.7 Å². The van der Waals surface area contributed by atoms with Crippen LogP contribution in [0.25, 0.3) is 11.1 Å². The zero-order valence-electron chi connectivity index (χ0n) is 17.4. The van der Waals surface area contributed by atoms with Crippen LogP contribution in [-0.2, 0) is 14.3 Å². The minimum atomic E-state index is -1.32. The molecule has 0 aromatic heterocycles. The first kappa shape index (κ1) is 22.3. The maximum Gasteiger partial charge on any atom is 0.407 e. The first-order chi connectivity index (χ1) is 14.7. The van der Waals surface area contributed by atoms with Crippen LogP contribution >= 0.6 is 0 Å². The Morgan fingerprint density at radius 3 is 2.10 bits per heavy atom. The number of ether oxygens (including phenoxy) is 1. The van der Waals surface area contributed by atoms with E-state index in [9.17, 15) is 19.5 Å². The standard InChI is InChI=1S/C23H26N2O6/c1-23(2,30)13-24-21(28)19(11-20(26)27)25-22(29)31-12-18-16-9-5-3-7-14(16)15-8-4-6-10-17(15)18/h3-10,18-19,30H,11-13H2,1-2H3,(H,24,28)(H,25,29)(H,26,27). The van der Waals surface area contributed by atoms with Crippen molar-refractivity contribution in [2.24, 2.45) is 0 Å². The zero-order valence-corrected chi connectivity index (χ0v) is 17.4. The molecule has 0 aliphatic heterocycles. The highest BCUT2D eigenvalue weighted by atomic mass is 16.5. The Kier molecular flexibility index (Phi) is 6.60. The Hall–Kier alpha value is -3.39. The van der Waals surface area contributed by atoms with Crippen LogP contribution in [0, 0.1) is 0 Å². The Balaban J connectivity index is 1.65. The van der Waals surface area contributed by atoms with E-state index in [1.165, 1.54) is 13.8 Å². The van der Waals surface area contributed by atoms with Crippen LogP contribution < -0.4 is 10.6 Å². The number of carboxylic acid groups (broad SMARTS) is 1. The maximum absolute atomic E-state index is 12.4. The minimum Gasteiger partial charge on any atom is -0.481 e. The van der Waals surface area contributed by atoms with Gasteiger partial charge < -0.3 is 25.6 Å². The van der Waals surface area contributed by atoms with Gasteiger partial charge in [0.1, 0.15) is 12.6 Å². The number of hydrogen-bond acceptors (Lipinski definition) is 5. The van der Waals surface area contributed by atoms with E-state index in [-0.39, 0.29) is 19.1 Å². The lowest BCUT2D eigenvalue weighted by Crippen LogP contribution is -2.50.